The number of nitrogens with zero attached hydrogens (tertiary/aromatic N) is 8. The average molecular weight is 238 g/mol. The van der Waals surface area contributed by atoms with Crippen LogP contribution in [0.5, 0.6) is 0 Å². The highest BCUT2D eigenvalue weighted by Gasteiger charge is 2.04. The van der Waals surface area contributed by atoms with Crippen LogP contribution in [0.25, 0.3) is 32.1 Å². The molecular formula is C10H6N8. The average Bonchev–Trinajstić information content (AvgIpc) is 2.40. The fraction of sp³-hybridized carbons (Fsp3) is 0. The van der Waals surface area contributed by atoms with E-state index in [-0.39, 0.29) is 11.8 Å². The summed E-state index contributed by atoms with van der Waals surface area (Å²) in [6, 6.07) is 10.7. The van der Waals surface area contributed by atoms with E-state index in [9.17, 15) is 0 Å². The fourth-order valence-electron chi connectivity index (χ4n) is 1.36. The van der Waals surface area contributed by atoms with Crippen molar-refractivity contribution in [2.75, 3.05) is 0 Å². The summed E-state index contributed by atoms with van der Waals surface area (Å²) in [4.78, 5) is 13.1. The van der Waals surface area contributed by atoms with Crippen molar-refractivity contribution in [1.82, 2.24) is 9.97 Å². The van der Waals surface area contributed by atoms with Crippen molar-refractivity contribution in [2.45, 2.75) is 0 Å². The highest BCUT2D eigenvalue weighted by atomic mass is 15.2. The maximum Gasteiger partial charge on any atom is 0.217 e. The van der Waals surface area contributed by atoms with Crippen LogP contribution in [-0.4, -0.2) is 9.97 Å². The zero-order chi connectivity index (χ0) is 12.8. The minimum atomic E-state index is -0.0822. The molecule has 0 spiro atoms. The third-order valence-electron chi connectivity index (χ3n) is 2.05. The van der Waals surface area contributed by atoms with Gasteiger partial charge in [0.05, 0.1) is 5.69 Å². The Morgan fingerprint density at radius 3 is 2.33 bits per heavy atom. The summed E-state index contributed by atoms with van der Waals surface area (Å²) in [6.07, 6.45) is 0. The van der Waals surface area contributed by atoms with Crippen LogP contribution in [0.15, 0.2) is 46.6 Å². The Bertz CT molecular complexity index is 617. The van der Waals surface area contributed by atoms with Crippen LogP contribution in [0.2, 0.25) is 0 Å². The highest BCUT2D eigenvalue weighted by Crippen LogP contribution is 2.23. The molecule has 2 aromatic rings. The molecule has 0 atom stereocenters. The third kappa shape index (κ3) is 2.53. The first kappa shape index (κ1) is 11.4. The molecule has 0 radical (unpaired) electrons. The predicted molar refractivity (Wildman–Crippen MR) is 65.1 cm³/mol. The molecule has 86 valence electrons. The summed E-state index contributed by atoms with van der Waals surface area (Å²) in [5, 5.41) is 6.69. The van der Waals surface area contributed by atoms with E-state index in [2.05, 4.69) is 30.0 Å². The maximum atomic E-state index is 8.40. The first-order valence-electron chi connectivity index (χ1n) is 4.88. The van der Waals surface area contributed by atoms with Crippen molar-refractivity contribution in [1.29, 1.82) is 0 Å². The number of rotatable bonds is 3. The lowest BCUT2D eigenvalue weighted by molar-refractivity contribution is 1.11. The molecule has 0 aliphatic heterocycles. The molecule has 0 fully saturated rings. The summed E-state index contributed by atoms with van der Waals surface area (Å²) in [5.41, 5.74) is 18.1. The Balaban J connectivity index is 2.60. The summed E-state index contributed by atoms with van der Waals surface area (Å²) in [5.74, 6) is 0.0232. The number of aromatic nitrogens is 2. The standard InChI is InChI=1S/C10H6N8/c11-17-15-9-6-8(7-4-2-1-3-5-7)13-10(14-9)16-18-12/h1-6H. The van der Waals surface area contributed by atoms with Crippen LogP contribution in [0.4, 0.5) is 11.8 Å². The largest absolute Gasteiger partial charge is 0.227 e. The Morgan fingerprint density at radius 2 is 1.67 bits per heavy atom. The minimum Gasteiger partial charge on any atom is -0.227 e. The van der Waals surface area contributed by atoms with Gasteiger partial charge in [-0.2, -0.15) is 0 Å². The van der Waals surface area contributed by atoms with Crippen LogP contribution >= 0.6 is 0 Å². The number of azide groups is 2. The van der Waals surface area contributed by atoms with E-state index in [1.54, 1.807) is 0 Å². The third-order valence-corrected chi connectivity index (χ3v) is 2.05. The molecule has 1 aromatic heterocycles. The molecule has 8 heteroatoms. The van der Waals surface area contributed by atoms with Gasteiger partial charge in [-0.05, 0) is 27.4 Å². The minimum absolute atomic E-state index is 0.0822. The summed E-state index contributed by atoms with van der Waals surface area (Å²) in [6.45, 7) is 0. The zero-order valence-electron chi connectivity index (χ0n) is 9.04. The lowest BCUT2D eigenvalue weighted by Gasteiger charge is -2.02. The highest BCUT2D eigenvalue weighted by molar-refractivity contribution is 5.62. The molecule has 0 saturated carbocycles. The van der Waals surface area contributed by atoms with E-state index in [0.29, 0.717) is 5.69 Å². The predicted octanol–water partition coefficient (Wildman–Crippen LogP) is 4.03. The van der Waals surface area contributed by atoms with E-state index in [1.807, 2.05) is 30.3 Å². The van der Waals surface area contributed by atoms with E-state index >= 15 is 0 Å². The van der Waals surface area contributed by atoms with E-state index < -0.39 is 0 Å². The van der Waals surface area contributed by atoms with Gasteiger partial charge in [0.2, 0.25) is 5.95 Å². The second kappa shape index (κ2) is 5.31. The molecule has 0 unspecified atom stereocenters. The molecule has 0 saturated heterocycles. The quantitative estimate of drug-likeness (QED) is 0.455. The van der Waals surface area contributed by atoms with Gasteiger partial charge in [-0.3, -0.25) is 0 Å². The second-order valence-electron chi connectivity index (χ2n) is 3.16. The summed E-state index contributed by atoms with van der Waals surface area (Å²) < 4.78 is 0. The molecule has 0 aliphatic rings. The molecule has 0 bridgehead atoms. The Kier molecular flexibility index (Phi) is 3.36. The van der Waals surface area contributed by atoms with Gasteiger partial charge in [0.1, 0.15) is 5.82 Å². The molecule has 8 nitrogen and oxygen atoms in total. The molecule has 18 heavy (non-hydrogen) atoms. The van der Waals surface area contributed by atoms with Crippen LogP contribution in [-0.2, 0) is 0 Å². The lowest BCUT2D eigenvalue weighted by atomic mass is 10.1. The summed E-state index contributed by atoms with van der Waals surface area (Å²) in [7, 11) is 0. The second-order valence-corrected chi connectivity index (χ2v) is 3.16. The van der Waals surface area contributed by atoms with Gasteiger partial charge in [-0.25, -0.2) is 9.97 Å². The van der Waals surface area contributed by atoms with E-state index in [1.165, 1.54) is 6.07 Å². The number of hydrogen-bond acceptors (Lipinski definition) is 4. The first-order chi connectivity index (χ1) is 8.83. The topological polar surface area (TPSA) is 123 Å². The van der Waals surface area contributed by atoms with Crippen LogP contribution in [0, 0.1) is 0 Å². The summed E-state index contributed by atoms with van der Waals surface area (Å²) >= 11 is 0. The van der Waals surface area contributed by atoms with Crippen LogP contribution < -0.4 is 0 Å². The van der Waals surface area contributed by atoms with Crippen molar-refractivity contribution >= 4 is 11.8 Å². The zero-order valence-corrected chi connectivity index (χ0v) is 9.04. The van der Waals surface area contributed by atoms with Crippen LogP contribution in [0.3, 0.4) is 0 Å². The van der Waals surface area contributed by atoms with Crippen molar-refractivity contribution < 1.29 is 0 Å². The fourth-order valence-corrected chi connectivity index (χ4v) is 1.36. The smallest absolute Gasteiger partial charge is 0.217 e. The van der Waals surface area contributed by atoms with Gasteiger partial charge < -0.3 is 0 Å². The van der Waals surface area contributed by atoms with Crippen molar-refractivity contribution in [2.24, 2.45) is 10.2 Å². The van der Waals surface area contributed by atoms with Gasteiger partial charge in [0.15, 0.2) is 0 Å². The first-order valence-corrected chi connectivity index (χ1v) is 4.88. The van der Waals surface area contributed by atoms with Gasteiger partial charge in [-0.1, -0.05) is 30.3 Å². The molecule has 1 aromatic carbocycles. The monoisotopic (exact) mass is 238 g/mol. The van der Waals surface area contributed by atoms with E-state index in [0.717, 1.165) is 5.56 Å². The molecule has 1 heterocycles. The molecular weight excluding hydrogens is 232 g/mol. The molecule has 0 amide bonds. The Morgan fingerprint density at radius 1 is 0.944 bits per heavy atom. The van der Waals surface area contributed by atoms with Crippen molar-refractivity contribution in [3.63, 3.8) is 0 Å². The molecule has 0 N–H and O–H groups in total. The lowest BCUT2D eigenvalue weighted by Crippen LogP contribution is -1.86. The van der Waals surface area contributed by atoms with Crippen molar-refractivity contribution in [3.8, 4) is 11.3 Å². The van der Waals surface area contributed by atoms with Crippen LogP contribution in [0.1, 0.15) is 0 Å². The SMILES string of the molecule is [N-]=[N+]=Nc1cc(-c2ccccc2)nc(N=[N+]=[N-])n1. The number of benzene rings is 1. The van der Waals surface area contributed by atoms with Gasteiger partial charge in [0.25, 0.3) is 0 Å². The van der Waals surface area contributed by atoms with Gasteiger partial charge in [0, 0.05) is 15.4 Å². The number of hydrogen-bond donors (Lipinski definition) is 0. The Hall–Kier alpha value is -3.08. The maximum absolute atomic E-state index is 8.40. The van der Waals surface area contributed by atoms with Gasteiger partial charge >= 0.3 is 0 Å². The van der Waals surface area contributed by atoms with Crippen molar-refractivity contribution in [3.05, 3.63) is 57.3 Å². The van der Waals surface area contributed by atoms with Gasteiger partial charge in [-0.15, -0.1) is 0 Å². The Labute approximate surface area is 101 Å². The molecule has 0 aliphatic carbocycles. The van der Waals surface area contributed by atoms with E-state index in [4.69, 9.17) is 11.1 Å². The normalized spacial score (nSPS) is 9.11. The molecule has 2 rings (SSSR count).